The molecule has 0 spiro atoms. The molecule has 0 amide bonds. The van der Waals surface area contributed by atoms with Crippen molar-refractivity contribution in [2.75, 3.05) is 0 Å². The SMILES string of the molecule is CCC(C)C1=CC([Si](C)(C)Cl)c2ccccc21. The van der Waals surface area contributed by atoms with Gasteiger partial charge < -0.3 is 0 Å². The zero-order chi connectivity index (χ0) is 12.6. The summed E-state index contributed by atoms with van der Waals surface area (Å²) in [5, 5.41) is 0. The molecule has 0 nitrogen and oxygen atoms in total. The molecule has 2 atom stereocenters. The van der Waals surface area contributed by atoms with Crippen LogP contribution in [0.25, 0.3) is 5.57 Å². The van der Waals surface area contributed by atoms with E-state index in [1.807, 2.05) is 0 Å². The van der Waals surface area contributed by atoms with Crippen LogP contribution in [0.2, 0.25) is 13.1 Å². The van der Waals surface area contributed by atoms with Crippen LogP contribution >= 0.6 is 11.1 Å². The molecule has 2 unspecified atom stereocenters. The van der Waals surface area contributed by atoms with Crippen LogP contribution in [-0.2, 0) is 0 Å². The van der Waals surface area contributed by atoms with Gasteiger partial charge in [-0.1, -0.05) is 57.3 Å². The third-order valence-corrected chi connectivity index (χ3v) is 6.50. The van der Waals surface area contributed by atoms with E-state index in [1.165, 1.54) is 23.1 Å². The van der Waals surface area contributed by atoms with Crippen LogP contribution in [0.5, 0.6) is 0 Å². The minimum absolute atomic E-state index is 0.476. The van der Waals surface area contributed by atoms with Crippen molar-refractivity contribution in [1.29, 1.82) is 0 Å². The number of hydrogen-bond donors (Lipinski definition) is 0. The van der Waals surface area contributed by atoms with Crippen molar-refractivity contribution in [3.05, 3.63) is 41.5 Å². The van der Waals surface area contributed by atoms with Crippen molar-refractivity contribution < 1.29 is 0 Å². The topological polar surface area (TPSA) is 0 Å². The van der Waals surface area contributed by atoms with Gasteiger partial charge in [-0.3, -0.25) is 0 Å². The molecule has 2 heteroatoms. The lowest BCUT2D eigenvalue weighted by atomic mass is 9.93. The summed E-state index contributed by atoms with van der Waals surface area (Å²) >= 11 is 6.67. The molecule has 0 fully saturated rings. The van der Waals surface area contributed by atoms with Crippen molar-refractivity contribution in [2.45, 2.75) is 38.9 Å². The molecule has 1 aliphatic carbocycles. The molecule has 0 aliphatic heterocycles. The van der Waals surface area contributed by atoms with Crippen molar-refractivity contribution >= 4 is 24.0 Å². The smallest absolute Gasteiger partial charge is 0.161 e. The van der Waals surface area contributed by atoms with Crippen molar-refractivity contribution in [3.8, 4) is 0 Å². The highest BCUT2D eigenvalue weighted by atomic mass is 35.6. The highest BCUT2D eigenvalue weighted by Gasteiger charge is 2.36. The van der Waals surface area contributed by atoms with Gasteiger partial charge in [0, 0.05) is 5.54 Å². The van der Waals surface area contributed by atoms with Crippen molar-refractivity contribution in [2.24, 2.45) is 5.92 Å². The molecular formula is C15H21ClSi. The Morgan fingerprint density at radius 2 is 1.94 bits per heavy atom. The van der Waals surface area contributed by atoms with Gasteiger partial charge in [0.05, 0.1) is 0 Å². The van der Waals surface area contributed by atoms with E-state index in [4.69, 9.17) is 11.1 Å². The minimum atomic E-state index is -1.68. The van der Waals surface area contributed by atoms with E-state index < -0.39 is 7.38 Å². The average molecular weight is 265 g/mol. The predicted molar refractivity (Wildman–Crippen MR) is 80.0 cm³/mol. The van der Waals surface area contributed by atoms with Crippen molar-refractivity contribution in [1.82, 2.24) is 0 Å². The van der Waals surface area contributed by atoms with Gasteiger partial charge in [-0.2, -0.15) is 11.1 Å². The van der Waals surface area contributed by atoms with E-state index in [9.17, 15) is 0 Å². The summed E-state index contributed by atoms with van der Waals surface area (Å²) in [6.45, 7) is 9.05. The summed E-state index contributed by atoms with van der Waals surface area (Å²) in [7, 11) is -1.68. The van der Waals surface area contributed by atoms with Gasteiger partial charge in [0.25, 0.3) is 0 Å². The first-order chi connectivity index (χ1) is 7.95. The Kier molecular flexibility index (Phi) is 3.51. The average Bonchev–Trinajstić information content (AvgIpc) is 2.67. The Labute approximate surface area is 110 Å². The van der Waals surface area contributed by atoms with E-state index in [1.54, 1.807) is 0 Å². The van der Waals surface area contributed by atoms with Crippen LogP contribution in [-0.4, -0.2) is 7.38 Å². The lowest BCUT2D eigenvalue weighted by Gasteiger charge is -2.21. The van der Waals surface area contributed by atoms with Crippen LogP contribution in [0.3, 0.4) is 0 Å². The van der Waals surface area contributed by atoms with Crippen LogP contribution in [0.4, 0.5) is 0 Å². The fraction of sp³-hybridized carbons (Fsp3) is 0.467. The second kappa shape index (κ2) is 4.62. The maximum absolute atomic E-state index is 6.67. The molecule has 1 aliphatic rings. The molecule has 1 aromatic carbocycles. The van der Waals surface area contributed by atoms with E-state index in [0.717, 1.165) is 0 Å². The van der Waals surface area contributed by atoms with Crippen LogP contribution < -0.4 is 0 Å². The summed E-state index contributed by atoms with van der Waals surface area (Å²) in [6, 6.07) is 8.78. The maximum Gasteiger partial charge on any atom is 0.161 e. The number of halogens is 1. The molecule has 17 heavy (non-hydrogen) atoms. The lowest BCUT2D eigenvalue weighted by molar-refractivity contribution is 0.718. The van der Waals surface area contributed by atoms with E-state index in [2.05, 4.69) is 57.3 Å². The maximum atomic E-state index is 6.67. The third-order valence-electron chi connectivity index (χ3n) is 3.84. The number of hydrogen-bond acceptors (Lipinski definition) is 0. The highest BCUT2D eigenvalue weighted by Crippen LogP contribution is 2.45. The van der Waals surface area contributed by atoms with Gasteiger partial charge in [-0.15, -0.1) is 0 Å². The molecule has 0 heterocycles. The molecule has 0 N–H and O–H groups in total. The number of allylic oxidation sites excluding steroid dienone is 2. The van der Waals surface area contributed by atoms with Gasteiger partial charge >= 0.3 is 0 Å². The zero-order valence-electron chi connectivity index (χ0n) is 11.1. The molecule has 2 rings (SSSR count). The van der Waals surface area contributed by atoms with E-state index in [-0.39, 0.29) is 0 Å². The number of rotatable bonds is 3. The first-order valence-corrected chi connectivity index (χ1v) is 10.5. The largest absolute Gasteiger partial charge is 0.167 e. The fourth-order valence-electron chi connectivity index (χ4n) is 2.61. The Bertz CT molecular complexity index is 442. The molecule has 0 saturated heterocycles. The van der Waals surface area contributed by atoms with Gasteiger partial charge in [-0.25, -0.2) is 0 Å². The monoisotopic (exact) mass is 264 g/mol. The second-order valence-corrected chi connectivity index (χ2v) is 12.2. The Morgan fingerprint density at radius 1 is 1.29 bits per heavy atom. The lowest BCUT2D eigenvalue weighted by Crippen LogP contribution is -2.25. The summed E-state index contributed by atoms with van der Waals surface area (Å²) < 4.78 is 0. The number of fused-ring (bicyclic) bond motifs is 1. The summed E-state index contributed by atoms with van der Waals surface area (Å²) in [5.41, 5.74) is 4.88. The Balaban J connectivity index is 2.50. The molecule has 0 bridgehead atoms. The highest BCUT2D eigenvalue weighted by molar-refractivity contribution is 7.20. The molecule has 0 saturated carbocycles. The molecule has 0 radical (unpaired) electrons. The Morgan fingerprint density at radius 3 is 2.53 bits per heavy atom. The quantitative estimate of drug-likeness (QED) is 0.520. The number of benzene rings is 1. The minimum Gasteiger partial charge on any atom is -0.167 e. The standard InChI is InChI=1S/C15H21ClSi/c1-5-11(2)14-10-15(17(3,4)16)13-9-7-6-8-12(13)14/h6-11,15H,5H2,1-4H3. The molecular weight excluding hydrogens is 244 g/mol. The van der Waals surface area contributed by atoms with Crippen LogP contribution in [0, 0.1) is 5.92 Å². The first-order valence-electron chi connectivity index (χ1n) is 6.45. The van der Waals surface area contributed by atoms with Gasteiger partial charge in [0.1, 0.15) is 0 Å². The van der Waals surface area contributed by atoms with Crippen LogP contribution in [0.1, 0.15) is 36.9 Å². The van der Waals surface area contributed by atoms with Gasteiger partial charge in [0.2, 0.25) is 0 Å². The van der Waals surface area contributed by atoms with Crippen LogP contribution in [0.15, 0.2) is 30.3 Å². The predicted octanol–water partition coefficient (Wildman–Crippen LogP) is 5.20. The van der Waals surface area contributed by atoms with Gasteiger partial charge in [-0.05, 0) is 29.0 Å². The fourth-order valence-corrected chi connectivity index (χ4v) is 4.72. The van der Waals surface area contributed by atoms with E-state index >= 15 is 0 Å². The molecule has 0 aromatic heterocycles. The zero-order valence-corrected chi connectivity index (χ0v) is 12.9. The van der Waals surface area contributed by atoms with Gasteiger partial charge in [0.15, 0.2) is 7.38 Å². The Hall–Kier alpha value is -0.533. The van der Waals surface area contributed by atoms with E-state index in [0.29, 0.717) is 11.5 Å². The van der Waals surface area contributed by atoms with Crippen molar-refractivity contribution in [3.63, 3.8) is 0 Å². The first kappa shape index (κ1) is 12.9. The normalized spacial score (nSPS) is 21.0. The second-order valence-electron chi connectivity index (χ2n) is 5.56. The summed E-state index contributed by atoms with van der Waals surface area (Å²) in [5.74, 6) is 0.633. The molecule has 92 valence electrons. The third kappa shape index (κ3) is 2.36. The molecule has 1 aromatic rings. The summed E-state index contributed by atoms with van der Waals surface area (Å²) in [4.78, 5) is 0. The summed E-state index contributed by atoms with van der Waals surface area (Å²) in [6.07, 6.45) is 3.63.